The lowest BCUT2D eigenvalue weighted by atomic mass is 9.99. The maximum Gasteiger partial charge on any atom is 0.243 e. The number of carbonyl (C=O) groups excluding carboxylic acids is 11. The van der Waals surface area contributed by atoms with Gasteiger partial charge in [0.2, 0.25) is 65.0 Å². The minimum Gasteiger partial charge on any atom is -0.370 e. The lowest BCUT2D eigenvalue weighted by molar-refractivity contribution is -0.137. The fourth-order valence-corrected chi connectivity index (χ4v) is 10.3. The van der Waals surface area contributed by atoms with Gasteiger partial charge in [-0.1, -0.05) is 71.9 Å². The molecule has 1 aliphatic rings. The molecule has 27 nitrogen and oxygen atoms in total. The lowest BCUT2D eigenvalue weighted by Gasteiger charge is -2.30. The van der Waals surface area contributed by atoms with E-state index in [1.807, 2.05) is 27.7 Å². The number of unbranched alkanes of at least 4 members (excludes halogenated alkanes) is 5. The van der Waals surface area contributed by atoms with Crippen LogP contribution in [0.2, 0.25) is 0 Å². The highest BCUT2D eigenvalue weighted by atomic mass is 16.2. The van der Waals surface area contributed by atoms with Gasteiger partial charge in [-0.3, -0.25) is 52.7 Å². The third-order valence-electron chi connectivity index (χ3n) is 15.1. The van der Waals surface area contributed by atoms with Gasteiger partial charge in [-0.15, -0.1) is 0 Å². The second kappa shape index (κ2) is 43.8. The number of rotatable bonds is 31. The van der Waals surface area contributed by atoms with Gasteiger partial charge < -0.3 is 87.6 Å². The monoisotopic (exact) mass is 1250 g/mol. The molecule has 0 spiro atoms. The topological polar surface area (TPSA) is 464 Å². The predicted octanol–water partition coefficient (Wildman–Crippen LogP) is -0.861. The molecule has 0 radical (unpaired) electrons. The molecule has 1 aromatic carbocycles. The first-order chi connectivity index (χ1) is 42.4. The molecule has 27 heteroatoms. The fourth-order valence-electron chi connectivity index (χ4n) is 10.3. The van der Waals surface area contributed by atoms with Crippen molar-refractivity contribution in [2.75, 3.05) is 32.7 Å². The van der Waals surface area contributed by atoms with Crippen LogP contribution in [0.3, 0.4) is 0 Å². The molecule has 22 N–H and O–H groups in total. The second-order valence-electron chi connectivity index (χ2n) is 24.6. The molecule has 0 aliphatic carbocycles. The molecular formula is C62H110N16O11. The van der Waals surface area contributed by atoms with Gasteiger partial charge in [-0.2, -0.15) is 0 Å². The van der Waals surface area contributed by atoms with Crippen molar-refractivity contribution in [2.24, 2.45) is 52.2 Å². The fraction of sp³-hybridized carbons (Fsp3) is 0.726. The molecule has 504 valence electrons. The van der Waals surface area contributed by atoms with Crippen LogP contribution < -0.4 is 87.6 Å². The highest BCUT2D eigenvalue weighted by Gasteiger charge is 2.37. The molecule has 1 saturated heterocycles. The van der Waals surface area contributed by atoms with E-state index in [0.29, 0.717) is 69.8 Å². The van der Waals surface area contributed by atoms with Crippen molar-refractivity contribution in [3.8, 4) is 0 Å². The summed E-state index contributed by atoms with van der Waals surface area (Å²) in [4.78, 5) is 158. The molecule has 0 aromatic heterocycles. The summed E-state index contributed by atoms with van der Waals surface area (Å²) in [5.74, 6) is -9.14. The zero-order valence-electron chi connectivity index (χ0n) is 53.7. The number of nitrogens with one attached hydrogen (secondary N) is 10. The van der Waals surface area contributed by atoms with Crippen molar-refractivity contribution in [1.29, 1.82) is 0 Å². The molecule has 1 aliphatic heterocycles. The Morgan fingerprint density at radius 3 is 0.775 bits per heavy atom. The van der Waals surface area contributed by atoms with Crippen LogP contribution in [0.15, 0.2) is 30.3 Å². The summed E-state index contributed by atoms with van der Waals surface area (Å²) >= 11 is 0. The van der Waals surface area contributed by atoms with E-state index < -0.39 is 125 Å². The number of primary amides is 1. The highest BCUT2D eigenvalue weighted by Crippen LogP contribution is 2.16. The van der Waals surface area contributed by atoms with Crippen LogP contribution in [-0.4, -0.2) is 158 Å². The van der Waals surface area contributed by atoms with Crippen molar-refractivity contribution in [2.45, 2.75) is 237 Å². The van der Waals surface area contributed by atoms with Gasteiger partial charge in [-0.05, 0) is 178 Å². The van der Waals surface area contributed by atoms with Crippen LogP contribution in [0.1, 0.15) is 176 Å². The van der Waals surface area contributed by atoms with Crippen molar-refractivity contribution in [1.82, 2.24) is 53.2 Å². The third-order valence-corrected chi connectivity index (χ3v) is 15.1. The van der Waals surface area contributed by atoms with Crippen molar-refractivity contribution in [3.63, 3.8) is 0 Å². The molecule has 11 amide bonds. The minimum absolute atomic E-state index is 0.0171. The number of hydrogen-bond acceptors (Lipinski definition) is 16. The number of nitrogens with two attached hydrogens (primary N) is 6. The minimum atomic E-state index is -1.50. The molecule has 10 atom stereocenters. The summed E-state index contributed by atoms with van der Waals surface area (Å²) < 4.78 is 0. The van der Waals surface area contributed by atoms with E-state index in [0.717, 1.165) is 0 Å². The summed E-state index contributed by atoms with van der Waals surface area (Å²) in [6.45, 7) is 12.3. The summed E-state index contributed by atoms with van der Waals surface area (Å²) in [7, 11) is 0. The van der Waals surface area contributed by atoms with Crippen molar-refractivity contribution in [3.05, 3.63) is 35.9 Å². The third kappa shape index (κ3) is 31.5. The Balaban J connectivity index is 3.01. The molecule has 2 rings (SSSR count). The average molecular weight is 1260 g/mol. The largest absolute Gasteiger partial charge is 0.370 e. The van der Waals surface area contributed by atoms with Crippen molar-refractivity contribution >= 4 is 65.0 Å². The standard InChI is InChI=1S/C62H110N16O11/c1-38(2)34-48-59(86)72-43(23-11-16-30-64)54(81)70-45(25-13-18-32-66)57(84)78-51(37-41-20-8-7-9-21-41)62(89)77-50(36-40(5)6)60(87)73-46(26-14-19-33-67)56(83)76-49(35-39(3)4)61(88)74-47(27-28-52(68)79)58(85)71-42(22-10-15-29-63)53(80)69-44(55(82)75-48)24-12-17-31-65/h7-9,20-21,38-40,42-51H,10-19,22-37,63-67H2,1-6H3,(H2,68,79)(H,69,80)(H,70,81)(H,71,85)(H,72,86)(H,73,87)(H,74,88)(H,75,82)(H,76,83)(H,77,89)(H,78,84)/t42-,43-,44-,45-,46-,47-,48-,49-,50-,51-/m0/s1. The molecule has 0 bridgehead atoms. The maximum atomic E-state index is 14.8. The molecule has 0 unspecified atom stereocenters. The van der Waals surface area contributed by atoms with Crippen LogP contribution in [0.25, 0.3) is 0 Å². The number of hydrogen-bond donors (Lipinski definition) is 16. The molecule has 0 saturated carbocycles. The van der Waals surface area contributed by atoms with Crippen molar-refractivity contribution < 1.29 is 52.7 Å². The summed E-state index contributed by atoms with van der Waals surface area (Å²) in [5, 5.41) is 27.9. The van der Waals surface area contributed by atoms with Gasteiger partial charge in [0.15, 0.2) is 0 Å². The zero-order valence-corrected chi connectivity index (χ0v) is 53.7. The normalized spacial score (nSPS) is 23.9. The Bertz CT molecular complexity index is 2370. The van der Waals surface area contributed by atoms with Crippen LogP contribution in [0.5, 0.6) is 0 Å². The van der Waals surface area contributed by atoms with Gasteiger partial charge in [-0.25, -0.2) is 0 Å². The Morgan fingerprint density at radius 1 is 0.326 bits per heavy atom. The SMILES string of the molecule is CC(C)C[C@@H]1NC(=O)[C@H](CCCCN)NC(=O)[C@H](CCCCN)NC(=O)[C@H](CCC(N)=O)NC(=O)[C@H](CC(C)C)NC(=O)[C@H](CCCCN)NC(=O)[C@H](CC(C)C)NC(=O)[C@H](Cc2ccccc2)NC(=O)[C@H](CCCCN)NC(=O)[C@H](CCCCN)NC1=O. The Hall–Kier alpha value is -6.81. The van der Waals surface area contributed by atoms with Crippen LogP contribution in [0.4, 0.5) is 0 Å². The van der Waals surface area contributed by atoms with E-state index in [9.17, 15) is 52.7 Å². The van der Waals surface area contributed by atoms with Crippen LogP contribution in [-0.2, 0) is 59.2 Å². The maximum absolute atomic E-state index is 14.8. The van der Waals surface area contributed by atoms with Crippen LogP contribution >= 0.6 is 0 Å². The Morgan fingerprint density at radius 2 is 0.539 bits per heavy atom. The molecule has 1 fully saturated rings. The summed E-state index contributed by atoms with van der Waals surface area (Å²) in [6.07, 6.45) is 3.81. The number of carbonyl (C=O) groups is 11. The number of amides is 11. The Kier molecular flexibility index (Phi) is 38.5. The summed E-state index contributed by atoms with van der Waals surface area (Å²) in [5.41, 5.74) is 35.5. The van der Waals surface area contributed by atoms with Gasteiger partial charge in [0.25, 0.3) is 0 Å². The first-order valence-electron chi connectivity index (χ1n) is 32.2. The van der Waals surface area contributed by atoms with Gasteiger partial charge >= 0.3 is 0 Å². The van der Waals surface area contributed by atoms with Gasteiger partial charge in [0.05, 0.1) is 0 Å². The molecule has 89 heavy (non-hydrogen) atoms. The average Bonchev–Trinajstić information content (AvgIpc) is 3.69. The zero-order chi connectivity index (χ0) is 66.4. The van der Waals surface area contributed by atoms with Gasteiger partial charge in [0, 0.05) is 12.8 Å². The van der Waals surface area contributed by atoms with E-state index in [1.165, 1.54) is 0 Å². The molecule has 1 heterocycles. The lowest BCUT2D eigenvalue weighted by Crippen LogP contribution is -2.61. The first kappa shape index (κ1) is 78.3. The van der Waals surface area contributed by atoms with E-state index in [4.69, 9.17) is 34.4 Å². The Labute approximate surface area is 526 Å². The van der Waals surface area contributed by atoms with Crippen LogP contribution in [0, 0.1) is 17.8 Å². The quantitative estimate of drug-likeness (QED) is 0.0402. The highest BCUT2D eigenvalue weighted by molar-refractivity contribution is 5.99. The summed E-state index contributed by atoms with van der Waals surface area (Å²) in [6, 6.07) is -4.29. The first-order valence-corrected chi connectivity index (χ1v) is 32.2. The van der Waals surface area contributed by atoms with E-state index in [2.05, 4.69) is 53.2 Å². The predicted molar refractivity (Wildman–Crippen MR) is 341 cm³/mol. The second-order valence-corrected chi connectivity index (χ2v) is 24.6. The smallest absolute Gasteiger partial charge is 0.243 e. The molecular weight excluding hydrogens is 1140 g/mol. The van der Waals surface area contributed by atoms with E-state index >= 15 is 0 Å². The van der Waals surface area contributed by atoms with E-state index in [-0.39, 0.29) is 121 Å². The number of benzene rings is 1. The van der Waals surface area contributed by atoms with E-state index in [1.54, 1.807) is 44.2 Å². The van der Waals surface area contributed by atoms with Gasteiger partial charge in [0.1, 0.15) is 60.4 Å². The molecule has 1 aromatic rings.